The van der Waals surface area contributed by atoms with Crippen molar-refractivity contribution in [1.82, 2.24) is 9.55 Å². The van der Waals surface area contributed by atoms with Crippen molar-refractivity contribution in [3.63, 3.8) is 0 Å². The third-order valence-corrected chi connectivity index (χ3v) is 5.00. The average Bonchev–Trinajstić information content (AvgIpc) is 3.08. The molecule has 1 amide bonds. The van der Waals surface area contributed by atoms with Gasteiger partial charge in [-0.2, -0.15) is 0 Å². The van der Waals surface area contributed by atoms with Gasteiger partial charge in [0.25, 0.3) is 11.5 Å². The van der Waals surface area contributed by atoms with Gasteiger partial charge in [-0.15, -0.1) is 0 Å². The molecule has 0 radical (unpaired) electrons. The molecule has 5 rings (SSSR count). The van der Waals surface area contributed by atoms with E-state index in [2.05, 4.69) is 10.3 Å². The third-order valence-electron chi connectivity index (χ3n) is 5.00. The highest BCUT2D eigenvalue weighted by molar-refractivity contribution is 6.13. The van der Waals surface area contributed by atoms with Gasteiger partial charge in [0.2, 0.25) is 5.78 Å². The molecule has 0 unspecified atom stereocenters. The molecule has 6 heteroatoms. The molecule has 1 aliphatic rings. The number of aromatic nitrogens is 2. The fourth-order valence-corrected chi connectivity index (χ4v) is 3.58. The highest BCUT2D eigenvalue weighted by Crippen LogP contribution is 2.27. The van der Waals surface area contributed by atoms with Crippen LogP contribution >= 0.6 is 0 Å². The Morgan fingerprint density at radius 1 is 0.935 bits per heavy atom. The number of aryl methyl sites for hydroxylation is 1. The maximum atomic E-state index is 13.2. The highest BCUT2D eigenvalue weighted by atomic mass is 16.2. The van der Waals surface area contributed by atoms with E-state index in [0.29, 0.717) is 33.4 Å². The van der Waals surface area contributed by atoms with Crippen molar-refractivity contribution in [3.05, 3.63) is 99.6 Å². The second kappa shape index (κ2) is 7.99. The number of nitrogens with zero attached hydrogens (tertiary/aromatic N) is 2. The van der Waals surface area contributed by atoms with Gasteiger partial charge in [-0.05, 0) is 49.4 Å². The summed E-state index contributed by atoms with van der Waals surface area (Å²) in [6.45, 7) is 5.89. The number of carbonyl (C=O) groups excluding carboxylic acids is 2. The lowest BCUT2D eigenvalue weighted by atomic mass is 10.1. The third kappa shape index (κ3) is 3.42. The number of rotatable bonds is 2. The predicted molar refractivity (Wildman–Crippen MR) is 121 cm³/mol. The SMILES string of the molecule is CC.Cc1ccc2c(c1)C(=O)c1nc3ccc(NC(=O)c4ccccc4)cc3c(=O)n1-2. The Morgan fingerprint density at radius 3 is 2.42 bits per heavy atom. The van der Waals surface area contributed by atoms with Gasteiger partial charge in [-0.25, -0.2) is 4.98 Å². The highest BCUT2D eigenvalue weighted by Gasteiger charge is 2.30. The second-order valence-electron chi connectivity index (χ2n) is 6.98. The first-order valence-corrected chi connectivity index (χ1v) is 10.1. The summed E-state index contributed by atoms with van der Waals surface area (Å²) in [4.78, 5) is 42.7. The zero-order valence-corrected chi connectivity index (χ0v) is 17.5. The zero-order chi connectivity index (χ0) is 22.1. The number of hydrogen-bond acceptors (Lipinski definition) is 4. The van der Waals surface area contributed by atoms with Crippen molar-refractivity contribution in [1.29, 1.82) is 0 Å². The molecule has 1 aromatic heterocycles. The first kappa shape index (κ1) is 20.2. The number of ketones is 1. The number of anilines is 1. The van der Waals surface area contributed by atoms with E-state index in [1.807, 2.05) is 32.9 Å². The summed E-state index contributed by atoms with van der Waals surface area (Å²) in [6.07, 6.45) is 0. The molecule has 6 nitrogen and oxygen atoms in total. The van der Waals surface area contributed by atoms with Gasteiger partial charge >= 0.3 is 0 Å². The summed E-state index contributed by atoms with van der Waals surface area (Å²) in [5.41, 5.74) is 3.03. The van der Waals surface area contributed by atoms with Gasteiger partial charge in [0.05, 0.1) is 22.2 Å². The molecular weight excluding hydrogens is 390 g/mol. The first-order chi connectivity index (χ1) is 15.0. The molecule has 0 saturated heterocycles. The number of carbonyl (C=O) groups is 2. The van der Waals surface area contributed by atoms with Crippen LogP contribution in [-0.2, 0) is 0 Å². The van der Waals surface area contributed by atoms with Crippen LogP contribution in [0.3, 0.4) is 0 Å². The average molecular weight is 411 g/mol. The Labute approximate surface area is 179 Å². The van der Waals surface area contributed by atoms with Crippen LogP contribution in [0.2, 0.25) is 0 Å². The number of fused-ring (bicyclic) bond motifs is 4. The van der Waals surface area contributed by atoms with Gasteiger partial charge in [0.1, 0.15) is 0 Å². The summed E-state index contributed by atoms with van der Waals surface area (Å²) in [5, 5.41) is 3.13. The minimum Gasteiger partial charge on any atom is -0.322 e. The molecule has 0 bridgehead atoms. The predicted octanol–water partition coefficient (Wildman–Crippen LogP) is 4.52. The molecule has 0 aliphatic carbocycles. The molecule has 1 N–H and O–H groups in total. The lowest BCUT2D eigenvalue weighted by Gasteiger charge is -2.09. The quantitative estimate of drug-likeness (QED) is 0.463. The van der Waals surface area contributed by atoms with Crippen molar-refractivity contribution >= 4 is 28.3 Å². The van der Waals surface area contributed by atoms with Crippen LogP contribution in [0.15, 0.2) is 71.5 Å². The summed E-state index contributed by atoms with van der Waals surface area (Å²) in [7, 11) is 0. The Hall–Kier alpha value is -4.06. The topological polar surface area (TPSA) is 81.1 Å². The Kier molecular flexibility index (Phi) is 5.21. The fourth-order valence-electron chi connectivity index (χ4n) is 3.58. The lowest BCUT2D eigenvalue weighted by Crippen LogP contribution is -2.22. The van der Waals surface area contributed by atoms with E-state index >= 15 is 0 Å². The second-order valence-corrected chi connectivity index (χ2v) is 6.98. The van der Waals surface area contributed by atoms with E-state index < -0.39 is 0 Å². The van der Waals surface area contributed by atoms with Crippen molar-refractivity contribution in [2.45, 2.75) is 20.8 Å². The molecule has 31 heavy (non-hydrogen) atoms. The van der Waals surface area contributed by atoms with Crippen LogP contribution in [0.1, 0.15) is 46.0 Å². The van der Waals surface area contributed by atoms with Crippen LogP contribution < -0.4 is 10.9 Å². The number of amides is 1. The minimum atomic E-state index is -0.336. The van der Waals surface area contributed by atoms with E-state index in [0.717, 1.165) is 5.56 Å². The molecule has 0 atom stereocenters. The van der Waals surface area contributed by atoms with E-state index in [1.165, 1.54) is 4.57 Å². The van der Waals surface area contributed by atoms with Crippen LogP contribution in [0.4, 0.5) is 5.69 Å². The van der Waals surface area contributed by atoms with Crippen molar-refractivity contribution < 1.29 is 9.59 Å². The Morgan fingerprint density at radius 2 is 1.68 bits per heavy atom. The molecule has 154 valence electrons. The van der Waals surface area contributed by atoms with Gasteiger partial charge in [0, 0.05) is 11.3 Å². The zero-order valence-electron chi connectivity index (χ0n) is 17.5. The van der Waals surface area contributed by atoms with E-state index in [-0.39, 0.29) is 23.1 Å². The van der Waals surface area contributed by atoms with E-state index in [1.54, 1.807) is 54.6 Å². The fraction of sp³-hybridized carbons (Fsp3) is 0.120. The van der Waals surface area contributed by atoms with Gasteiger partial charge in [0.15, 0.2) is 5.82 Å². The lowest BCUT2D eigenvalue weighted by molar-refractivity contribution is 0.102. The largest absolute Gasteiger partial charge is 0.322 e. The maximum absolute atomic E-state index is 13.2. The summed E-state index contributed by atoms with van der Waals surface area (Å²) in [5.74, 6) is -0.413. The monoisotopic (exact) mass is 411 g/mol. The Bertz CT molecular complexity index is 1390. The molecule has 2 heterocycles. The molecule has 0 spiro atoms. The molecule has 1 aliphatic heterocycles. The smallest absolute Gasteiger partial charge is 0.266 e. The summed E-state index contributed by atoms with van der Waals surface area (Å²) in [6, 6.07) is 19.1. The normalized spacial score (nSPS) is 11.4. The summed E-state index contributed by atoms with van der Waals surface area (Å²) < 4.78 is 1.35. The molecule has 3 aromatic carbocycles. The van der Waals surface area contributed by atoms with Crippen LogP contribution in [0.5, 0.6) is 0 Å². The van der Waals surface area contributed by atoms with Crippen molar-refractivity contribution in [3.8, 4) is 5.69 Å². The molecular formula is C25H21N3O3. The van der Waals surface area contributed by atoms with Gasteiger partial charge in [-0.1, -0.05) is 43.7 Å². The molecule has 4 aromatic rings. The van der Waals surface area contributed by atoms with Gasteiger partial charge < -0.3 is 5.32 Å². The van der Waals surface area contributed by atoms with Gasteiger partial charge in [-0.3, -0.25) is 19.0 Å². The van der Waals surface area contributed by atoms with Crippen molar-refractivity contribution in [2.24, 2.45) is 0 Å². The molecule has 0 fully saturated rings. The van der Waals surface area contributed by atoms with Crippen LogP contribution in [-0.4, -0.2) is 21.2 Å². The minimum absolute atomic E-state index is 0.115. The summed E-state index contributed by atoms with van der Waals surface area (Å²) >= 11 is 0. The Balaban J connectivity index is 0.00000112. The van der Waals surface area contributed by atoms with Crippen LogP contribution in [0.25, 0.3) is 16.6 Å². The first-order valence-electron chi connectivity index (χ1n) is 10.1. The maximum Gasteiger partial charge on any atom is 0.266 e. The number of nitrogens with one attached hydrogen (secondary N) is 1. The standard InChI is InChI=1S/C23H15N3O3.C2H6/c1-13-7-10-19-17(11-13)20(27)21-25-18-9-8-15(12-16(18)23(29)26(19)21)24-22(28)14-5-3-2-4-6-14;1-2/h2-12H,1H3,(H,24,28);1-2H3. The van der Waals surface area contributed by atoms with E-state index in [9.17, 15) is 14.4 Å². The van der Waals surface area contributed by atoms with E-state index in [4.69, 9.17) is 0 Å². The number of benzene rings is 3. The molecule has 0 saturated carbocycles. The van der Waals surface area contributed by atoms with Crippen LogP contribution in [0, 0.1) is 6.92 Å². The van der Waals surface area contributed by atoms with Crippen molar-refractivity contribution in [2.75, 3.05) is 5.32 Å². The number of hydrogen-bond donors (Lipinski definition) is 1.